The lowest BCUT2D eigenvalue weighted by molar-refractivity contribution is 0.168. The van der Waals surface area contributed by atoms with Gasteiger partial charge in [0, 0.05) is 50.5 Å². The van der Waals surface area contributed by atoms with Crippen LogP contribution in [0.4, 0.5) is 14.9 Å². The predicted octanol–water partition coefficient (Wildman–Crippen LogP) is 3.09. The number of aryl methyl sites for hydroxylation is 1. The lowest BCUT2D eigenvalue weighted by atomic mass is 10.0. The van der Waals surface area contributed by atoms with Crippen molar-refractivity contribution >= 4 is 22.6 Å². The minimum Gasteiger partial charge on any atom is -0.365 e. The molecule has 3 heterocycles. The number of fused-ring (bicyclic) bond motifs is 1. The first-order chi connectivity index (χ1) is 13.9. The summed E-state index contributed by atoms with van der Waals surface area (Å²) in [5, 5.41) is 8.58. The molecule has 4 rings (SSSR count). The molecule has 8 heteroatoms. The van der Waals surface area contributed by atoms with Crippen molar-refractivity contribution in [3.8, 4) is 0 Å². The summed E-state index contributed by atoms with van der Waals surface area (Å²) in [7, 11) is 1.89. The van der Waals surface area contributed by atoms with Gasteiger partial charge >= 0.3 is 6.03 Å². The van der Waals surface area contributed by atoms with Gasteiger partial charge in [0.15, 0.2) is 5.82 Å². The number of halogens is 1. The Morgan fingerprint density at radius 1 is 1.31 bits per heavy atom. The average molecular weight is 396 g/mol. The summed E-state index contributed by atoms with van der Waals surface area (Å²) in [5.41, 5.74) is 2.48. The van der Waals surface area contributed by atoms with Gasteiger partial charge in [-0.25, -0.2) is 9.18 Å². The van der Waals surface area contributed by atoms with Crippen molar-refractivity contribution in [2.24, 2.45) is 7.05 Å². The van der Waals surface area contributed by atoms with E-state index in [2.05, 4.69) is 15.4 Å². The van der Waals surface area contributed by atoms with Gasteiger partial charge in [0.25, 0.3) is 0 Å². The van der Waals surface area contributed by atoms with E-state index in [4.69, 9.17) is 0 Å². The summed E-state index contributed by atoms with van der Waals surface area (Å²) in [6.07, 6.45) is 4.78. The van der Waals surface area contributed by atoms with Gasteiger partial charge < -0.3 is 15.1 Å². The van der Waals surface area contributed by atoms with E-state index in [1.165, 1.54) is 6.20 Å². The first kappa shape index (κ1) is 19.2. The number of nitrogens with zero attached hydrogens (tertiary/aromatic N) is 5. The molecule has 0 aliphatic carbocycles. The van der Waals surface area contributed by atoms with Crippen LogP contribution in [0.1, 0.15) is 25.5 Å². The highest BCUT2D eigenvalue weighted by atomic mass is 19.1. The maximum Gasteiger partial charge on any atom is 0.318 e. The Hall–Kier alpha value is -3.16. The molecule has 0 radical (unpaired) electrons. The quantitative estimate of drug-likeness (QED) is 0.739. The van der Waals surface area contributed by atoms with Crippen LogP contribution in [0.2, 0.25) is 0 Å². The van der Waals surface area contributed by atoms with Gasteiger partial charge in [-0.05, 0) is 31.5 Å². The van der Waals surface area contributed by atoms with E-state index in [1.807, 2.05) is 55.1 Å². The first-order valence-electron chi connectivity index (χ1n) is 9.78. The second kappa shape index (κ2) is 7.69. The van der Waals surface area contributed by atoms with E-state index >= 15 is 0 Å². The molecule has 2 atom stereocenters. The molecule has 0 spiro atoms. The molecule has 29 heavy (non-hydrogen) atoms. The number of carbonyl (C=O) groups is 1. The van der Waals surface area contributed by atoms with Crippen LogP contribution in [0.25, 0.3) is 10.9 Å². The monoisotopic (exact) mass is 396 g/mol. The number of hydrogen-bond acceptors (Lipinski definition) is 4. The summed E-state index contributed by atoms with van der Waals surface area (Å²) >= 11 is 0. The number of benzene rings is 1. The molecule has 1 aliphatic heterocycles. The second-order valence-corrected chi connectivity index (χ2v) is 7.57. The SMILES string of the molecule is C[C@@H]1CN(c2ccncc2F)CCN1C(=O)N[C@H](C)c1cccc2nn(C)cc12. The van der Waals surface area contributed by atoms with E-state index in [-0.39, 0.29) is 23.9 Å². The third kappa shape index (κ3) is 3.74. The minimum atomic E-state index is -0.337. The maximum absolute atomic E-state index is 14.0. The zero-order valence-electron chi connectivity index (χ0n) is 16.8. The zero-order chi connectivity index (χ0) is 20.5. The van der Waals surface area contributed by atoms with Crippen LogP contribution in [0, 0.1) is 5.82 Å². The Labute approximate surface area is 169 Å². The molecule has 0 bridgehead atoms. The van der Waals surface area contributed by atoms with Crippen LogP contribution in [0.15, 0.2) is 42.9 Å². The van der Waals surface area contributed by atoms with Crippen LogP contribution in [0.5, 0.6) is 0 Å². The van der Waals surface area contributed by atoms with Crippen LogP contribution in [0.3, 0.4) is 0 Å². The number of hydrogen-bond donors (Lipinski definition) is 1. The third-order valence-electron chi connectivity index (χ3n) is 5.48. The highest BCUT2D eigenvalue weighted by Crippen LogP contribution is 2.25. The van der Waals surface area contributed by atoms with Crippen molar-refractivity contribution in [2.75, 3.05) is 24.5 Å². The number of amides is 2. The summed E-state index contributed by atoms with van der Waals surface area (Å²) in [4.78, 5) is 20.5. The molecule has 1 aliphatic rings. The fourth-order valence-electron chi connectivity index (χ4n) is 4.01. The van der Waals surface area contributed by atoms with Gasteiger partial charge in [0.1, 0.15) is 0 Å². The summed E-state index contributed by atoms with van der Waals surface area (Å²) in [6, 6.07) is 7.30. The highest BCUT2D eigenvalue weighted by molar-refractivity contribution is 5.83. The minimum absolute atomic E-state index is 0.0438. The molecule has 152 valence electrons. The predicted molar refractivity (Wildman–Crippen MR) is 110 cm³/mol. The van der Waals surface area contributed by atoms with Gasteiger partial charge in [0.05, 0.1) is 23.4 Å². The third-order valence-corrected chi connectivity index (χ3v) is 5.48. The Kier molecular flexibility index (Phi) is 5.08. The largest absolute Gasteiger partial charge is 0.365 e. The number of pyridine rings is 1. The fourth-order valence-corrected chi connectivity index (χ4v) is 4.01. The van der Waals surface area contributed by atoms with Gasteiger partial charge in [-0.3, -0.25) is 9.67 Å². The first-order valence-corrected chi connectivity index (χ1v) is 9.78. The van der Waals surface area contributed by atoms with Crippen molar-refractivity contribution in [2.45, 2.75) is 25.9 Å². The molecule has 0 unspecified atom stereocenters. The number of urea groups is 1. The van der Waals surface area contributed by atoms with Gasteiger partial charge in [-0.1, -0.05) is 12.1 Å². The molecule has 0 saturated carbocycles. The van der Waals surface area contributed by atoms with Gasteiger partial charge in [0.2, 0.25) is 0 Å². The Morgan fingerprint density at radius 2 is 2.14 bits per heavy atom. The Balaban J connectivity index is 1.44. The molecule has 2 aromatic heterocycles. The normalized spacial score (nSPS) is 18.1. The number of rotatable bonds is 3. The maximum atomic E-state index is 14.0. The molecule has 2 amide bonds. The summed E-state index contributed by atoms with van der Waals surface area (Å²) < 4.78 is 15.8. The molecular formula is C21H25FN6O. The molecule has 1 saturated heterocycles. The number of anilines is 1. The van der Waals surface area contributed by atoms with E-state index in [0.717, 1.165) is 16.5 Å². The van der Waals surface area contributed by atoms with E-state index in [9.17, 15) is 9.18 Å². The molecule has 7 nitrogen and oxygen atoms in total. The van der Waals surface area contributed by atoms with E-state index < -0.39 is 0 Å². The van der Waals surface area contributed by atoms with Crippen LogP contribution < -0.4 is 10.2 Å². The Bertz CT molecular complexity index is 1030. The van der Waals surface area contributed by atoms with E-state index in [1.54, 1.807) is 16.9 Å². The number of carbonyl (C=O) groups excluding carboxylic acids is 1. The molecule has 1 N–H and O–H groups in total. The number of aromatic nitrogens is 3. The van der Waals surface area contributed by atoms with Gasteiger partial charge in [-0.15, -0.1) is 0 Å². The summed E-state index contributed by atoms with van der Waals surface area (Å²) in [5.74, 6) is -0.337. The van der Waals surface area contributed by atoms with Crippen molar-refractivity contribution in [3.63, 3.8) is 0 Å². The van der Waals surface area contributed by atoms with Crippen molar-refractivity contribution in [1.82, 2.24) is 25.0 Å². The molecule has 3 aromatic rings. The van der Waals surface area contributed by atoms with Crippen molar-refractivity contribution in [1.29, 1.82) is 0 Å². The van der Waals surface area contributed by atoms with Crippen LogP contribution in [-0.4, -0.2) is 51.4 Å². The van der Waals surface area contributed by atoms with Gasteiger partial charge in [-0.2, -0.15) is 5.10 Å². The van der Waals surface area contributed by atoms with Crippen LogP contribution >= 0.6 is 0 Å². The standard InChI is InChI=1S/C21H25FN6O/c1-14-12-27(20-7-8-23-11-18(20)22)9-10-28(14)21(29)24-15(2)16-5-4-6-19-17(16)13-26(3)25-19/h4-8,11,13-15H,9-10,12H2,1-3H3,(H,24,29)/t14-,15-/m1/s1. The Morgan fingerprint density at radius 3 is 2.90 bits per heavy atom. The number of nitrogens with one attached hydrogen (secondary N) is 1. The van der Waals surface area contributed by atoms with Crippen LogP contribution in [-0.2, 0) is 7.05 Å². The topological polar surface area (TPSA) is 66.3 Å². The van der Waals surface area contributed by atoms with Crippen molar-refractivity contribution < 1.29 is 9.18 Å². The molecular weight excluding hydrogens is 371 g/mol. The highest BCUT2D eigenvalue weighted by Gasteiger charge is 2.29. The lowest BCUT2D eigenvalue weighted by Gasteiger charge is -2.41. The zero-order valence-corrected chi connectivity index (χ0v) is 16.8. The average Bonchev–Trinajstić information content (AvgIpc) is 3.08. The summed E-state index contributed by atoms with van der Waals surface area (Å²) in [6.45, 7) is 5.63. The molecule has 1 fully saturated rings. The van der Waals surface area contributed by atoms with E-state index in [0.29, 0.717) is 25.3 Å². The smallest absolute Gasteiger partial charge is 0.318 e. The van der Waals surface area contributed by atoms with Crippen molar-refractivity contribution in [3.05, 3.63) is 54.2 Å². The molecule has 1 aromatic carbocycles. The fraction of sp³-hybridized carbons (Fsp3) is 0.381. The second-order valence-electron chi connectivity index (χ2n) is 7.57. The lowest BCUT2D eigenvalue weighted by Crippen LogP contribution is -2.57. The number of piperazine rings is 1.